The van der Waals surface area contributed by atoms with Gasteiger partial charge >= 0.3 is 0 Å². The molecule has 8 heteroatoms. The molecule has 1 aliphatic heterocycles. The van der Waals surface area contributed by atoms with Gasteiger partial charge < -0.3 is 15.0 Å². The number of likely N-dealkylation sites (N-methyl/N-ethyl adjacent to an activating group) is 1. The summed E-state index contributed by atoms with van der Waals surface area (Å²) in [6.07, 6.45) is 0.852. The molecule has 1 saturated heterocycles. The zero-order chi connectivity index (χ0) is 19.8. The Morgan fingerprint density at radius 3 is 2.93 bits per heavy atom. The van der Waals surface area contributed by atoms with Crippen LogP contribution in [0.15, 0.2) is 35.2 Å². The molecule has 0 aliphatic carbocycles. The van der Waals surface area contributed by atoms with Gasteiger partial charge in [0.25, 0.3) is 5.91 Å². The first-order valence-corrected chi connectivity index (χ1v) is 10.5. The van der Waals surface area contributed by atoms with Gasteiger partial charge in [-0.1, -0.05) is 6.07 Å². The summed E-state index contributed by atoms with van der Waals surface area (Å²) in [5, 5.41) is 4.77. The fraction of sp³-hybridized carbons (Fsp3) is 0.450. The van der Waals surface area contributed by atoms with Crippen molar-refractivity contribution in [1.29, 1.82) is 0 Å². The summed E-state index contributed by atoms with van der Waals surface area (Å²) in [6.45, 7) is 6.14. The van der Waals surface area contributed by atoms with E-state index in [1.54, 1.807) is 11.6 Å². The van der Waals surface area contributed by atoms with E-state index in [1.807, 2.05) is 35.4 Å². The molecule has 0 unspecified atom stereocenters. The van der Waals surface area contributed by atoms with Crippen LogP contribution in [0.4, 0.5) is 0 Å². The molecular weight excluding hydrogens is 376 g/mol. The SMILES string of the molecule is CCNC(=O)CN1CCCN(C(=O)c2cccc(OCc3cscn3)c2)CC1. The van der Waals surface area contributed by atoms with Gasteiger partial charge in [0.15, 0.2) is 0 Å². The normalized spacial score (nSPS) is 15.1. The zero-order valence-corrected chi connectivity index (χ0v) is 16.9. The third-order valence-corrected chi connectivity index (χ3v) is 5.20. The van der Waals surface area contributed by atoms with Gasteiger partial charge in [0.2, 0.25) is 5.91 Å². The average molecular weight is 403 g/mol. The number of hydrogen-bond donors (Lipinski definition) is 1. The maximum Gasteiger partial charge on any atom is 0.254 e. The fourth-order valence-corrected chi connectivity index (χ4v) is 3.70. The molecule has 1 N–H and O–H groups in total. The maximum absolute atomic E-state index is 12.9. The number of nitrogens with zero attached hydrogens (tertiary/aromatic N) is 3. The lowest BCUT2D eigenvalue weighted by Gasteiger charge is -2.22. The summed E-state index contributed by atoms with van der Waals surface area (Å²) in [5.74, 6) is 0.692. The third-order valence-electron chi connectivity index (χ3n) is 4.57. The molecule has 2 aromatic rings. The van der Waals surface area contributed by atoms with Crippen molar-refractivity contribution in [3.8, 4) is 5.75 Å². The van der Waals surface area contributed by atoms with Gasteiger partial charge in [-0.3, -0.25) is 14.5 Å². The van der Waals surface area contributed by atoms with Crippen LogP contribution in [0.1, 0.15) is 29.4 Å². The monoisotopic (exact) mass is 402 g/mol. The lowest BCUT2D eigenvalue weighted by molar-refractivity contribution is -0.122. The van der Waals surface area contributed by atoms with Gasteiger partial charge in [-0.05, 0) is 31.5 Å². The second-order valence-corrected chi connectivity index (χ2v) is 7.39. The van der Waals surface area contributed by atoms with Gasteiger partial charge in [-0.25, -0.2) is 4.98 Å². The minimum atomic E-state index is -0.000956. The van der Waals surface area contributed by atoms with Crippen LogP contribution in [-0.2, 0) is 11.4 Å². The van der Waals surface area contributed by atoms with Crippen molar-refractivity contribution >= 4 is 23.2 Å². The summed E-state index contributed by atoms with van der Waals surface area (Å²) < 4.78 is 5.76. The molecule has 1 fully saturated rings. The topological polar surface area (TPSA) is 74.8 Å². The smallest absolute Gasteiger partial charge is 0.254 e. The number of carbonyl (C=O) groups is 2. The number of ether oxygens (including phenoxy) is 1. The number of amides is 2. The molecule has 0 radical (unpaired) electrons. The van der Waals surface area contributed by atoms with Crippen molar-refractivity contribution in [2.75, 3.05) is 39.3 Å². The quantitative estimate of drug-likeness (QED) is 0.767. The average Bonchev–Trinajstić information content (AvgIpc) is 3.12. The molecule has 3 rings (SSSR count). The first-order valence-electron chi connectivity index (χ1n) is 9.54. The number of benzene rings is 1. The zero-order valence-electron chi connectivity index (χ0n) is 16.1. The largest absolute Gasteiger partial charge is 0.487 e. The lowest BCUT2D eigenvalue weighted by Crippen LogP contribution is -2.40. The molecule has 1 aromatic carbocycles. The van der Waals surface area contributed by atoms with Gasteiger partial charge in [0.05, 0.1) is 17.7 Å². The molecule has 1 aliphatic rings. The van der Waals surface area contributed by atoms with E-state index in [9.17, 15) is 9.59 Å². The Bertz CT molecular complexity index is 782. The molecule has 0 spiro atoms. The summed E-state index contributed by atoms with van der Waals surface area (Å²) in [4.78, 5) is 32.9. The Hall–Kier alpha value is -2.45. The molecule has 1 aromatic heterocycles. The highest BCUT2D eigenvalue weighted by Gasteiger charge is 2.21. The van der Waals surface area contributed by atoms with E-state index in [0.29, 0.717) is 50.6 Å². The van der Waals surface area contributed by atoms with Crippen molar-refractivity contribution < 1.29 is 14.3 Å². The van der Waals surface area contributed by atoms with Crippen LogP contribution in [0.3, 0.4) is 0 Å². The maximum atomic E-state index is 12.9. The first kappa shape index (κ1) is 20.3. The third kappa shape index (κ3) is 5.77. The summed E-state index contributed by atoms with van der Waals surface area (Å²) in [7, 11) is 0. The Labute approximate surface area is 169 Å². The van der Waals surface area contributed by atoms with Crippen LogP contribution in [0.2, 0.25) is 0 Å². The minimum Gasteiger partial charge on any atom is -0.487 e. The van der Waals surface area contributed by atoms with Gasteiger partial charge in [0.1, 0.15) is 12.4 Å². The van der Waals surface area contributed by atoms with Crippen LogP contribution < -0.4 is 10.1 Å². The van der Waals surface area contributed by atoms with Gasteiger partial charge in [-0.2, -0.15) is 0 Å². The van der Waals surface area contributed by atoms with E-state index < -0.39 is 0 Å². The van der Waals surface area contributed by atoms with Gasteiger partial charge in [0, 0.05) is 43.7 Å². The Morgan fingerprint density at radius 1 is 1.25 bits per heavy atom. The molecule has 0 atom stereocenters. The highest BCUT2D eigenvalue weighted by molar-refractivity contribution is 7.07. The second kappa shape index (κ2) is 10.2. The fourth-order valence-electron chi connectivity index (χ4n) is 3.16. The predicted molar refractivity (Wildman–Crippen MR) is 109 cm³/mol. The second-order valence-electron chi connectivity index (χ2n) is 6.67. The minimum absolute atomic E-state index is 0.000956. The summed E-state index contributed by atoms with van der Waals surface area (Å²) >= 11 is 1.53. The van der Waals surface area contributed by atoms with Crippen molar-refractivity contribution in [1.82, 2.24) is 20.1 Å². The standard InChI is InChI=1S/C20H26N4O3S/c1-2-21-19(25)12-23-7-4-8-24(10-9-23)20(26)16-5-3-6-18(11-16)27-13-17-14-28-15-22-17/h3,5-6,11,14-15H,2,4,7-10,12-13H2,1H3,(H,21,25). The number of carbonyl (C=O) groups excluding carboxylic acids is 2. The van der Waals surface area contributed by atoms with E-state index in [0.717, 1.165) is 18.7 Å². The highest BCUT2D eigenvalue weighted by atomic mass is 32.1. The Balaban J connectivity index is 1.56. The molecule has 7 nitrogen and oxygen atoms in total. The van der Waals surface area contributed by atoms with Crippen LogP contribution in [-0.4, -0.2) is 65.9 Å². The lowest BCUT2D eigenvalue weighted by atomic mass is 10.2. The van der Waals surface area contributed by atoms with Gasteiger partial charge in [-0.15, -0.1) is 11.3 Å². The van der Waals surface area contributed by atoms with E-state index in [2.05, 4.69) is 15.2 Å². The Morgan fingerprint density at radius 2 is 2.14 bits per heavy atom. The molecule has 2 amide bonds. The number of thiazole rings is 1. The molecule has 28 heavy (non-hydrogen) atoms. The van der Waals surface area contributed by atoms with Crippen LogP contribution >= 0.6 is 11.3 Å². The predicted octanol–water partition coefficient (Wildman–Crippen LogP) is 2.01. The van der Waals surface area contributed by atoms with Crippen molar-refractivity contribution in [3.63, 3.8) is 0 Å². The number of aromatic nitrogens is 1. The molecule has 0 saturated carbocycles. The highest BCUT2D eigenvalue weighted by Crippen LogP contribution is 2.17. The number of hydrogen-bond acceptors (Lipinski definition) is 6. The van der Waals surface area contributed by atoms with E-state index in [1.165, 1.54) is 11.3 Å². The molecule has 2 heterocycles. The van der Waals surface area contributed by atoms with Crippen LogP contribution in [0.25, 0.3) is 0 Å². The van der Waals surface area contributed by atoms with Crippen LogP contribution in [0.5, 0.6) is 5.75 Å². The van der Waals surface area contributed by atoms with Crippen molar-refractivity contribution in [2.45, 2.75) is 20.0 Å². The summed E-state index contributed by atoms with van der Waals surface area (Å²) in [5.41, 5.74) is 3.27. The molecule has 150 valence electrons. The Kier molecular flexibility index (Phi) is 7.39. The van der Waals surface area contributed by atoms with E-state index in [-0.39, 0.29) is 11.8 Å². The van der Waals surface area contributed by atoms with Crippen LogP contribution in [0, 0.1) is 0 Å². The van der Waals surface area contributed by atoms with E-state index >= 15 is 0 Å². The van der Waals surface area contributed by atoms with Crippen molar-refractivity contribution in [2.24, 2.45) is 0 Å². The molecular formula is C20H26N4O3S. The first-order chi connectivity index (χ1) is 13.7. The number of nitrogens with one attached hydrogen (secondary N) is 1. The molecule has 0 bridgehead atoms. The number of rotatable bonds is 7. The summed E-state index contributed by atoms with van der Waals surface area (Å²) in [6, 6.07) is 7.28. The van der Waals surface area contributed by atoms with Crippen molar-refractivity contribution in [3.05, 3.63) is 46.4 Å². The van der Waals surface area contributed by atoms with E-state index in [4.69, 9.17) is 4.74 Å².